The first-order chi connectivity index (χ1) is 10.7. The summed E-state index contributed by atoms with van der Waals surface area (Å²) < 4.78 is 3.66. The van der Waals surface area contributed by atoms with E-state index in [1.807, 2.05) is 36.2 Å². The first-order valence-corrected chi connectivity index (χ1v) is 7.54. The molecule has 122 valence electrons. The van der Waals surface area contributed by atoms with Gasteiger partial charge in [0, 0.05) is 37.9 Å². The molecule has 1 aliphatic heterocycles. The number of anilines is 1. The highest BCUT2D eigenvalue weighted by Crippen LogP contribution is 2.26. The summed E-state index contributed by atoms with van der Waals surface area (Å²) in [5.41, 5.74) is 9.01. The van der Waals surface area contributed by atoms with Crippen LogP contribution in [-0.2, 0) is 7.05 Å². The van der Waals surface area contributed by atoms with E-state index in [0.29, 0.717) is 0 Å². The zero-order chi connectivity index (χ0) is 15.1. The van der Waals surface area contributed by atoms with Gasteiger partial charge < -0.3 is 10.6 Å². The lowest BCUT2D eigenvalue weighted by Crippen LogP contribution is -2.43. The van der Waals surface area contributed by atoms with Gasteiger partial charge in [-0.15, -0.1) is 12.4 Å². The number of hydrogen-bond donors (Lipinski definition) is 1. The maximum atomic E-state index is 6.13. The first kappa shape index (κ1) is 15.8. The molecule has 0 aromatic carbocycles. The average Bonchev–Trinajstić information content (AvgIpc) is 3.14. The van der Waals surface area contributed by atoms with Gasteiger partial charge in [0.25, 0.3) is 0 Å². The highest BCUT2D eigenvalue weighted by molar-refractivity contribution is 5.85. The van der Waals surface area contributed by atoms with E-state index in [2.05, 4.69) is 15.1 Å². The average molecular weight is 334 g/mol. The maximum absolute atomic E-state index is 6.13. The van der Waals surface area contributed by atoms with Gasteiger partial charge in [0.15, 0.2) is 5.82 Å². The van der Waals surface area contributed by atoms with Gasteiger partial charge in [0.1, 0.15) is 5.52 Å². The minimum atomic E-state index is 0. The lowest BCUT2D eigenvalue weighted by molar-refractivity contribution is 0.503. The Morgan fingerprint density at radius 1 is 1.26 bits per heavy atom. The number of nitrogens with two attached hydrogens (primary N) is 1. The van der Waals surface area contributed by atoms with Crippen LogP contribution in [0.1, 0.15) is 12.8 Å². The third kappa shape index (κ3) is 2.89. The lowest BCUT2D eigenvalue weighted by Gasteiger charge is -2.32. The van der Waals surface area contributed by atoms with Crippen molar-refractivity contribution in [2.24, 2.45) is 12.8 Å². The van der Waals surface area contributed by atoms with E-state index < -0.39 is 0 Å². The van der Waals surface area contributed by atoms with Crippen LogP contribution in [0.5, 0.6) is 0 Å². The van der Waals surface area contributed by atoms with E-state index in [1.165, 1.54) is 0 Å². The molecule has 2 N–H and O–H groups in total. The highest BCUT2D eigenvalue weighted by Gasteiger charge is 2.21. The Hall–Kier alpha value is -2.12. The lowest BCUT2D eigenvalue weighted by atomic mass is 10.1. The molecule has 4 rings (SSSR count). The summed E-state index contributed by atoms with van der Waals surface area (Å²) in [6, 6.07) is 2.20. The number of rotatable bonds is 2. The van der Waals surface area contributed by atoms with Crippen molar-refractivity contribution in [3.8, 4) is 11.3 Å². The highest BCUT2D eigenvalue weighted by atomic mass is 35.5. The largest absolute Gasteiger partial charge is 0.353 e. The number of aromatic nitrogens is 5. The summed E-state index contributed by atoms with van der Waals surface area (Å²) in [4.78, 5) is 7.14. The molecular weight excluding hydrogens is 314 g/mol. The van der Waals surface area contributed by atoms with Gasteiger partial charge in [-0.3, -0.25) is 4.68 Å². The van der Waals surface area contributed by atoms with Crippen LogP contribution in [0.15, 0.2) is 30.9 Å². The third-order valence-corrected chi connectivity index (χ3v) is 4.13. The molecule has 0 spiro atoms. The number of aryl methyl sites for hydroxylation is 1. The second-order valence-electron chi connectivity index (χ2n) is 5.86. The molecule has 1 fully saturated rings. The van der Waals surface area contributed by atoms with E-state index in [1.54, 1.807) is 10.9 Å². The minimum absolute atomic E-state index is 0. The summed E-state index contributed by atoms with van der Waals surface area (Å²) in [6.07, 6.45) is 9.71. The molecule has 7 nitrogen and oxygen atoms in total. The molecule has 0 bridgehead atoms. The minimum Gasteiger partial charge on any atom is -0.353 e. The number of nitrogens with zero attached hydrogens (tertiary/aromatic N) is 6. The summed E-state index contributed by atoms with van der Waals surface area (Å²) >= 11 is 0. The van der Waals surface area contributed by atoms with Crippen molar-refractivity contribution in [3.05, 3.63) is 30.9 Å². The molecular formula is C15H20ClN7. The Morgan fingerprint density at radius 2 is 2.13 bits per heavy atom. The fourth-order valence-corrected chi connectivity index (χ4v) is 3.04. The van der Waals surface area contributed by atoms with Gasteiger partial charge in [0.2, 0.25) is 0 Å². The van der Waals surface area contributed by atoms with Crippen LogP contribution in [0.2, 0.25) is 0 Å². The molecule has 0 aliphatic carbocycles. The van der Waals surface area contributed by atoms with E-state index in [-0.39, 0.29) is 18.4 Å². The van der Waals surface area contributed by atoms with Crippen molar-refractivity contribution in [2.45, 2.75) is 18.9 Å². The zero-order valence-corrected chi connectivity index (χ0v) is 13.8. The predicted octanol–water partition coefficient (Wildman–Crippen LogP) is 1.48. The maximum Gasteiger partial charge on any atom is 0.155 e. The summed E-state index contributed by atoms with van der Waals surface area (Å²) in [7, 11) is 1.90. The molecule has 0 amide bonds. The Morgan fingerprint density at radius 3 is 2.87 bits per heavy atom. The van der Waals surface area contributed by atoms with Crippen molar-refractivity contribution in [3.63, 3.8) is 0 Å². The SMILES string of the molecule is Cl.Cn1cc(-c2cn3nccc3c(N3CCCC(N)C3)n2)cn1. The van der Waals surface area contributed by atoms with E-state index in [0.717, 1.165) is 48.5 Å². The Kier molecular flexibility index (Phi) is 4.23. The molecule has 0 saturated carbocycles. The molecule has 3 aromatic rings. The molecule has 23 heavy (non-hydrogen) atoms. The molecule has 4 heterocycles. The smallest absolute Gasteiger partial charge is 0.155 e. The molecule has 3 aromatic heterocycles. The fraction of sp³-hybridized carbons (Fsp3) is 0.400. The van der Waals surface area contributed by atoms with Crippen LogP contribution in [0.4, 0.5) is 5.82 Å². The standard InChI is InChI=1S/C15H19N7.ClH/c1-20-8-11(7-18-20)13-10-22-14(4-5-17-22)15(19-13)21-6-2-3-12(16)9-21;/h4-5,7-8,10,12H,2-3,6,9,16H2,1H3;1H. The van der Waals surface area contributed by atoms with Gasteiger partial charge in [-0.05, 0) is 18.9 Å². The molecule has 8 heteroatoms. The normalized spacial score (nSPS) is 18.2. The molecule has 1 aliphatic rings. The first-order valence-electron chi connectivity index (χ1n) is 7.54. The van der Waals surface area contributed by atoms with E-state index in [9.17, 15) is 0 Å². The van der Waals surface area contributed by atoms with Crippen LogP contribution in [0, 0.1) is 0 Å². The molecule has 0 radical (unpaired) electrons. The third-order valence-electron chi connectivity index (χ3n) is 4.13. The van der Waals surface area contributed by atoms with Gasteiger partial charge in [-0.25, -0.2) is 9.50 Å². The van der Waals surface area contributed by atoms with Gasteiger partial charge in [-0.1, -0.05) is 0 Å². The van der Waals surface area contributed by atoms with Crippen LogP contribution in [0.25, 0.3) is 16.8 Å². The van der Waals surface area contributed by atoms with Crippen molar-refractivity contribution in [1.29, 1.82) is 0 Å². The number of halogens is 1. The van der Waals surface area contributed by atoms with Gasteiger partial charge in [0.05, 0.1) is 24.3 Å². The zero-order valence-electron chi connectivity index (χ0n) is 13.0. The summed E-state index contributed by atoms with van der Waals surface area (Å²) in [5.74, 6) is 0.953. The topological polar surface area (TPSA) is 77.3 Å². The van der Waals surface area contributed by atoms with Crippen LogP contribution in [-0.4, -0.2) is 43.5 Å². The fourth-order valence-electron chi connectivity index (χ4n) is 3.04. The monoisotopic (exact) mass is 333 g/mol. The second kappa shape index (κ2) is 6.17. The van der Waals surface area contributed by atoms with Gasteiger partial charge in [-0.2, -0.15) is 10.2 Å². The van der Waals surface area contributed by atoms with Crippen molar-refractivity contribution in [2.75, 3.05) is 18.0 Å². The summed E-state index contributed by atoms with van der Waals surface area (Å²) in [6.45, 7) is 1.82. The molecule has 1 saturated heterocycles. The Balaban J connectivity index is 0.00000156. The Bertz CT molecular complexity index is 809. The van der Waals surface area contributed by atoms with Crippen molar-refractivity contribution in [1.82, 2.24) is 24.4 Å². The second-order valence-corrected chi connectivity index (χ2v) is 5.86. The van der Waals surface area contributed by atoms with Crippen molar-refractivity contribution >= 4 is 23.7 Å². The van der Waals surface area contributed by atoms with Gasteiger partial charge >= 0.3 is 0 Å². The molecule has 1 atom stereocenters. The number of fused-ring (bicyclic) bond motifs is 1. The molecule has 1 unspecified atom stereocenters. The van der Waals surface area contributed by atoms with Crippen LogP contribution < -0.4 is 10.6 Å². The summed E-state index contributed by atoms with van der Waals surface area (Å²) in [5, 5.41) is 8.61. The quantitative estimate of drug-likeness (QED) is 0.768. The van der Waals surface area contributed by atoms with E-state index >= 15 is 0 Å². The predicted molar refractivity (Wildman–Crippen MR) is 91.9 cm³/mol. The Labute approximate surface area is 140 Å². The number of piperidine rings is 1. The number of hydrogen-bond acceptors (Lipinski definition) is 5. The van der Waals surface area contributed by atoms with E-state index in [4.69, 9.17) is 10.7 Å². The van der Waals surface area contributed by atoms with Crippen molar-refractivity contribution < 1.29 is 0 Å². The van der Waals surface area contributed by atoms with Crippen LogP contribution in [0.3, 0.4) is 0 Å². The van der Waals surface area contributed by atoms with Crippen LogP contribution >= 0.6 is 12.4 Å².